The van der Waals surface area contributed by atoms with Crippen LogP contribution in [0.5, 0.6) is 0 Å². The van der Waals surface area contributed by atoms with Crippen LogP contribution < -0.4 is 29.6 Å². The van der Waals surface area contributed by atoms with Gasteiger partial charge in [-0.2, -0.15) is 0 Å². The maximum Gasteiger partial charge on any atom is 1.00 e. The van der Waals surface area contributed by atoms with Crippen LogP contribution in [0.15, 0.2) is 0 Å². The van der Waals surface area contributed by atoms with Crippen molar-refractivity contribution in [2.24, 2.45) is 0 Å². The van der Waals surface area contributed by atoms with Gasteiger partial charge in [0, 0.05) is 20.4 Å². The molecule has 0 fully saturated rings. The number of hydrogen-bond acceptors (Lipinski definition) is 3. The summed E-state index contributed by atoms with van der Waals surface area (Å²) in [4.78, 5) is 8.25. The zero-order valence-corrected chi connectivity index (χ0v) is 6.54. The van der Waals surface area contributed by atoms with Crippen molar-refractivity contribution in [1.82, 2.24) is 0 Å². The van der Waals surface area contributed by atoms with Gasteiger partial charge in [0.15, 0.2) is 0 Å². The average molecular weight is 191 g/mol. The Balaban J connectivity index is -0.0000000450. The molecule has 0 saturated carbocycles. The summed E-state index contributed by atoms with van der Waals surface area (Å²) in [5, 5.41) is 14.8. The molecule has 0 radical (unpaired) electrons. The normalized spacial score (nSPS) is 4.00. The topological polar surface area (TPSA) is 66.2 Å². The second kappa shape index (κ2) is 9.29. The number of hydrogen-bond donors (Lipinski definition) is 0. The van der Waals surface area contributed by atoms with E-state index in [1.165, 1.54) is 0 Å². The van der Waals surface area contributed by atoms with E-state index in [-0.39, 0.29) is 50.0 Å². The Labute approximate surface area is 70.0 Å². The molecule has 0 amide bonds. The third kappa shape index (κ3) is 97.5. The number of rotatable bonds is 0. The SMILES string of the molecule is O=[N+]([O-])[O-].[Na+].[Pd]. The van der Waals surface area contributed by atoms with Crippen LogP contribution in [0.2, 0.25) is 0 Å². The van der Waals surface area contributed by atoms with Crippen molar-refractivity contribution in [3.05, 3.63) is 15.3 Å². The molecule has 0 aliphatic carbocycles. The van der Waals surface area contributed by atoms with E-state index in [2.05, 4.69) is 0 Å². The Morgan fingerprint density at radius 2 is 1.33 bits per heavy atom. The minimum atomic E-state index is -1.75. The predicted molar refractivity (Wildman–Crippen MR) is 10.4 cm³/mol. The molecule has 0 aromatic heterocycles. The molecular formula is NNaO3Pd. The van der Waals surface area contributed by atoms with Crippen molar-refractivity contribution in [3.8, 4) is 0 Å². The fourth-order valence-corrected chi connectivity index (χ4v) is 0. The van der Waals surface area contributed by atoms with Crippen LogP contribution in [0.1, 0.15) is 0 Å². The summed E-state index contributed by atoms with van der Waals surface area (Å²) in [6.45, 7) is 0. The van der Waals surface area contributed by atoms with E-state index < -0.39 is 5.09 Å². The van der Waals surface area contributed by atoms with Crippen LogP contribution in [0.3, 0.4) is 0 Å². The van der Waals surface area contributed by atoms with Crippen LogP contribution >= 0.6 is 0 Å². The summed E-state index contributed by atoms with van der Waals surface area (Å²) in [6, 6.07) is 0. The van der Waals surface area contributed by atoms with Crippen LogP contribution in [0, 0.1) is 15.3 Å². The molecule has 0 unspecified atom stereocenters. The van der Waals surface area contributed by atoms with Crippen LogP contribution in [0.25, 0.3) is 0 Å². The molecule has 6 heavy (non-hydrogen) atoms. The molecule has 0 saturated heterocycles. The quantitative estimate of drug-likeness (QED) is 0.230. The Hall–Kier alpha value is 0.862. The molecule has 0 aliphatic rings. The maximum absolute atomic E-state index is 8.25. The molecule has 0 bridgehead atoms. The number of nitrogens with zero attached hydrogens (tertiary/aromatic N) is 1. The van der Waals surface area contributed by atoms with Gasteiger partial charge in [-0.3, -0.25) is 0 Å². The van der Waals surface area contributed by atoms with Crippen molar-refractivity contribution in [3.63, 3.8) is 0 Å². The van der Waals surface area contributed by atoms with E-state index in [1.807, 2.05) is 0 Å². The molecule has 0 aromatic carbocycles. The van der Waals surface area contributed by atoms with Gasteiger partial charge < -0.3 is 15.3 Å². The van der Waals surface area contributed by atoms with E-state index in [1.54, 1.807) is 0 Å². The average Bonchev–Trinajstić information content (AvgIpc) is 0.811. The van der Waals surface area contributed by atoms with Gasteiger partial charge in [-0.15, -0.1) is 0 Å². The van der Waals surface area contributed by atoms with Gasteiger partial charge in [0.05, 0.1) is 5.09 Å². The summed E-state index contributed by atoms with van der Waals surface area (Å²) in [5.74, 6) is 0. The van der Waals surface area contributed by atoms with Crippen LogP contribution in [0.4, 0.5) is 0 Å². The van der Waals surface area contributed by atoms with Gasteiger partial charge >= 0.3 is 29.6 Å². The van der Waals surface area contributed by atoms with Crippen molar-refractivity contribution in [1.29, 1.82) is 0 Å². The van der Waals surface area contributed by atoms with Crippen molar-refractivity contribution < 1.29 is 55.1 Å². The zero-order valence-electron chi connectivity index (χ0n) is 2.99. The van der Waals surface area contributed by atoms with Gasteiger partial charge in [-0.25, -0.2) is 0 Å². The van der Waals surface area contributed by atoms with Gasteiger partial charge in [0.25, 0.3) is 0 Å². The van der Waals surface area contributed by atoms with Gasteiger partial charge in [-0.1, -0.05) is 0 Å². The minimum absolute atomic E-state index is 0. The van der Waals surface area contributed by atoms with Gasteiger partial charge in [0.1, 0.15) is 0 Å². The molecule has 0 aromatic rings. The summed E-state index contributed by atoms with van der Waals surface area (Å²) in [6.07, 6.45) is 0. The molecule has 34 valence electrons. The first-order chi connectivity index (χ1) is 1.73. The zero-order chi connectivity index (χ0) is 3.58. The Kier molecular flexibility index (Phi) is 24.5. The van der Waals surface area contributed by atoms with E-state index in [0.717, 1.165) is 0 Å². The van der Waals surface area contributed by atoms with Crippen LogP contribution in [-0.2, 0) is 20.4 Å². The molecule has 0 atom stereocenters. The van der Waals surface area contributed by atoms with E-state index in [0.29, 0.717) is 0 Å². The van der Waals surface area contributed by atoms with Crippen molar-refractivity contribution >= 4 is 0 Å². The molecule has 6 heteroatoms. The molecule has 0 spiro atoms. The largest absolute Gasteiger partial charge is 1.00 e. The van der Waals surface area contributed by atoms with Gasteiger partial charge in [-0.05, 0) is 0 Å². The summed E-state index contributed by atoms with van der Waals surface area (Å²) < 4.78 is 0. The Bertz CT molecular complexity index is 33.8. The summed E-state index contributed by atoms with van der Waals surface area (Å²) >= 11 is 0. The summed E-state index contributed by atoms with van der Waals surface area (Å²) in [5.41, 5.74) is 0. The predicted octanol–water partition coefficient (Wildman–Crippen LogP) is -3.24. The third-order valence-electron chi connectivity index (χ3n) is 0. The second-order valence-corrected chi connectivity index (χ2v) is 0.224. The fraction of sp³-hybridized carbons (Fsp3) is 0. The van der Waals surface area contributed by atoms with Gasteiger partial charge in [0.2, 0.25) is 0 Å². The molecule has 0 heterocycles. The van der Waals surface area contributed by atoms with E-state index >= 15 is 0 Å². The monoisotopic (exact) mass is 191 g/mol. The third-order valence-corrected chi connectivity index (χ3v) is 0. The second-order valence-electron chi connectivity index (χ2n) is 0.224. The standard InChI is InChI=1S/NO3.Na.Pd/c2-1(3)4;;/q-1;+1;. The molecule has 0 rings (SSSR count). The van der Waals surface area contributed by atoms with E-state index in [4.69, 9.17) is 15.3 Å². The first-order valence-corrected chi connectivity index (χ1v) is 0.548. The molecule has 4 nitrogen and oxygen atoms in total. The van der Waals surface area contributed by atoms with E-state index in [9.17, 15) is 0 Å². The molecular weight excluding hydrogens is 191 g/mol. The smallest absolute Gasteiger partial charge is 0.356 e. The van der Waals surface area contributed by atoms with Crippen LogP contribution in [-0.4, -0.2) is 5.09 Å². The first-order valence-electron chi connectivity index (χ1n) is 0.548. The van der Waals surface area contributed by atoms with Crippen molar-refractivity contribution in [2.75, 3.05) is 0 Å². The van der Waals surface area contributed by atoms with Crippen molar-refractivity contribution in [2.45, 2.75) is 0 Å². The molecule has 0 aliphatic heterocycles. The fourth-order valence-electron chi connectivity index (χ4n) is 0. The first kappa shape index (κ1) is 15.8. The minimum Gasteiger partial charge on any atom is -0.356 e. The maximum atomic E-state index is 8.25. The Morgan fingerprint density at radius 3 is 1.33 bits per heavy atom. The molecule has 0 N–H and O–H groups in total. The summed E-state index contributed by atoms with van der Waals surface area (Å²) in [7, 11) is 0. The Morgan fingerprint density at radius 1 is 1.33 bits per heavy atom.